The highest BCUT2D eigenvalue weighted by Crippen LogP contribution is 2.38. The lowest BCUT2D eigenvalue weighted by Gasteiger charge is -2.46. The number of ether oxygens (including phenoxy) is 1. The van der Waals surface area contributed by atoms with Crippen molar-refractivity contribution in [2.75, 3.05) is 44.3 Å². The van der Waals surface area contributed by atoms with E-state index in [1.807, 2.05) is 29.2 Å². The summed E-state index contributed by atoms with van der Waals surface area (Å²) in [6.45, 7) is 8.05. The van der Waals surface area contributed by atoms with E-state index >= 15 is 0 Å². The maximum atomic E-state index is 14.9. The topological polar surface area (TPSA) is 36.0 Å². The molecule has 2 aromatic rings. The van der Waals surface area contributed by atoms with Crippen molar-refractivity contribution in [1.82, 2.24) is 9.80 Å². The van der Waals surface area contributed by atoms with E-state index in [0.717, 1.165) is 24.6 Å². The van der Waals surface area contributed by atoms with Crippen LogP contribution in [0.25, 0.3) is 0 Å². The Morgan fingerprint density at radius 2 is 1.61 bits per heavy atom. The molecule has 0 bridgehead atoms. The SMILES string of the molecule is C[C@@H]1CN(C(=O)C2CN(C3CCOCC3)CC2c2ccc(F)cc2F)C[C@H](C)N1c1ccc(Cl)cc1. The molecule has 0 spiro atoms. The van der Waals surface area contributed by atoms with Crippen LogP contribution in [0.3, 0.4) is 0 Å². The molecule has 2 aromatic carbocycles. The predicted molar refractivity (Wildman–Crippen MR) is 137 cm³/mol. The number of nitrogens with zero attached hydrogens (tertiary/aromatic N) is 3. The normalized spacial score (nSPS) is 28.0. The summed E-state index contributed by atoms with van der Waals surface area (Å²) in [5, 5.41) is 0.697. The standard InChI is InChI=1S/C28H34ClF2N3O2/c1-18-14-33(15-19(2)34(18)23-6-3-20(29)4-7-23)28(35)26-17-32(22-9-11-36-12-10-22)16-25(26)24-8-5-21(30)13-27(24)31/h3-8,13,18-19,22,25-26H,9-12,14-17H2,1-2H3/t18-,19+,25?,26?. The van der Waals surface area contributed by atoms with Gasteiger partial charge in [0.05, 0.1) is 5.92 Å². The van der Waals surface area contributed by atoms with E-state index < -0.39 is 11.6 Å². The second kappa shape index (κ2) is 10.6. The van der Waals surface area contributed by atoms with Crippen molar-refractivity contribution in [1.29, 1.82) is 0 Å². The van der Waals surface area contributed by atoms with Crippen LogP contribution < -0.4 is 4.90 Å². The Labute approximate surface area is 216 Å². The lowest BCUT2D eigenvalue weighted by molar-refractivity contribution is -0.137. The summed E-state index contributed by atoms with van der Waals surface area (Å²) in [6.07, 6.45) is 1.82. The molecule has 36 heavy (non-hydrogen) atoms. The molecular weight excluding hydrogens is 484 g/mol. The van der Waals surface area contributed by atoms with Crippen LogP contribution in [0.1, 0.15) is 38.2 Å². The fraction of sp³-hybridized carbons (Fsp3) is 0.536. The first-order valence-electron chi connectivity index (χ1n) is 12.9. The lowest BCUT2D eigenvalue weighted by Crippen LogP contribution is -2.59. The first kappa shape index (κ1) is 25.4. The summed E-state index contributed by atoms with van der Waals surface area (Å²) in [4.78, 5) is 20.6. The van der Waals surface area contributed by atoms with Gasteiger partial charge < -0.3 is 14.5 Å². The van der Waals surface area contributed by atoms with E-state index in [4.69, 9.17) is 16.3 Å². The van der Waals surface area contributed by atoms with Crippen molar-refractivity contribution >= 4 is 23.2 Å². The molecule has 3 aliphatic heterocycles. The molecule has 3 heterocycles. The monoisotopic (exact) mass is 517 g/mol. The molecule has 3 fully saturated rings. The molecule has 5 rings (SSSR count). The van der Waals surface area contributed by atoms with Gasteiger partial charge in [-0.15, -0.1) is 0 Å². The summed E-state index contributed by atoms with van der Waals surface area (Å²) in [6, 6.07) is 12.1. The van der Waals surface area contributed by atoms with Gasteiger partial charge >= 0.3 is 0 Å². The average molecular weight is 518 g/mol. The minimum atomic E-state index is -0.598. The van der Waals surface area contributed by atoms with Gasteiger partial charge in [0.1, 0.15) is 11.6 Å². The zero-order valence-electron chi connectivity index (χ0n) is 20.9. The third kappa shape index (κ3) is 5.11. The van der Waals surface area contributed by atoms with Crippen molar-refractivity contribution < 1.29 is 18.3 Å². The van der Waals surface area contributed by atoms with E-state index in [-0.39, 0.29) is 29.8 Å². The number of carbonyl (C=O) groups is 1. The minimum absolute atomic E-state index is 0.0627. The van der Waals surface area contributed by atoms with E-state index in [1.54, 1.807) is 0 Å². The highest BCUT2D eigenvalue weighted by molar-refractivity contribution is 6.30. The number of likely N-dealkylation sites (tertiary alicyclic amines) is 1. The second-order valence-electron chi connectivity index (χ2n) is 10.5. The fourth-order valence-corrected chi connectivity index (χ4v) is 6.54. The van der Waals surface area contributed by atoms with E-state index in [1.165, 1.54) is 12.1 Å². The quantitative estimate of drug-likeness (QED) is 0.575. The van der Waals surface area contributed by atoms with Gasteiger partial charge in [0.15, 0.2) is 0 Å². The van der Waals surface area contributed by atoms with Crippen LogP contribution in [-0.4, -0.2) is 73.2 Å². The maximum absolute atomic E-state index is 14.9. The molecule has 0 aromatic heterocycles. The largest absolute Gasteiger partial charge is 0.381 e. The molecule has 194 valence electrons. The number of anilines is 1. The highest BCUT2D eigenvalue weighted by atomic mass is 35.5. The molecule has 0 radical (unpaired) electrons. The third-order valence-electron chi connectivity index (χ3n) is 8.09. The first-order chi connectivity index (χ1) is 17.3. The first-order valence-corrected chi connectivity index (χ1v) is 13.3. The molecule has 0 N–H and O–H groups in total. The summed E-state index contributed by atoms with van der Waals surface area (Å²) >= 11 is 6.08. The Morgan fingerprint density at radius 3 is 2.25 bits per heavy atom. The Bertz CT molecular complexity index is 1070. The summed E-state index contributed by atoms with van der Waals surface area (Å²) in [5.74, 6) is -1.77. The van der Waals surface area contributed by atoms with Crippen molar-refractivity contribution in [2.24, 2.45) is 5.92 Å². The van der Waals surface area contributed by atoms with Gasteiger partial charge in [-0.1, -0.05) is 17.7 Å². The number of carbonyl (C=O) groups excluding carboxylic acids is 1. The van der Waals surface area contributed by atoms with Gasteiger partial charge in [-0.05, 0) is 62.6 Å². The maximum Gasteiger partial charge on any atom is 0.227 e. The molecule has 0 aliphatic carbocycles. The Balaban J connectivity index is 1.37. The molecule has 0 saturated carbocycles. The van der Waals surface area contributed by atoms with E-state index in [2.05, 4.69) is 23.6 Å². The third-order valence-corrected chi connectivity index (χ3v) is 8.34. The minimum Gasteiger partial charge on any atom is -0.381 e. The van der Waals surface area contributed by atoms with Crippen molar-refractivity contribution in [3.63, 3.8) is 0 Å². The predicted octanol–water partition coefficient (Wildman–Crippen LogP) is 4.94. The van der Waals surface area contributed by atoms with Crippen LogP contribution >= 0.6 is 11.6 Å². The van der Waals surface area contributed by atoms with E-state index in [0.29, 0.717) is 56.0 Å². The number of piperazine rings is 1. The van der Waals surface area contributed by atoms with Gasteiger partial charge in [0.25, 0.3) is 0 Å². The van der Waals surface area contributed by atoms with Crippen LogP contribution in [0.15, 0.2) is 42.5 Å². The molecule has 3 aliphatic rings. The van der Waals surface area contributed by atoms with Crippen LogP contribution in [0.4, 0.5) is 14.5 Å². The molecule has 5 nitrogen and oxygen atoms in total. The smallest absolute Gasteiger partial charge is 0.227 e. The van der Waals surface area contributed by atoms with Gasteiger partial charge in [0, 0.05) is 80.2 Å². The highest BCUT2D eigenvalue weighted by Gasteiger charge is 2.45. The molecule has 8 heteroatoms. The lowest BCUT2D eigenvalue weighted by atomic mass is 9.87. The van der Waals surface area contributed by atoms with Gasteiger partial charge in [0.2, 0.25) is 5.91 Å². The van der Waals surface area contributed by atoms with Crippen LogP contribution in [0.5, 0.6) is 0 Å². The van der Waals surface area contributed by atoms with E-state index in [9.17, 15) is 13.6 Å². The summed E-state index contributed by atoms with van der Waals surface area (Å²) in [7, 11) is 0. The number of hydrogen-bond donors (Lipinski definition) is 0. The van der Waals surface area contributed by atoms with Gasteiger partial charge in [-0.25, -0.2) is 8.78 Å². The molecule has 3 saturated heterocycles. The fourth-order valence-electron chi connectivity index (χ4n) is 6.41. The number of hydrogen-bond acceptors (Lipinski definition) is 4. The van der Waals surface area contributed by atoms with Crippen LogP contribution in [-0.2, 0) is 9.53 Å². The Hall–Kier alpha value is -2.22. The average Bonchev–Trinajstić information content (AvgIpc) is 3.30. The van der Waals surface area contributed by atoms with Crippen LogP contribution in [0.2, 0.25) is 5.02 Å². The van der Waals surface area contributed by atoms with Gasteiger partial charge in [-0.2, -0.15) is 0 Å². The van der Waals surface area contributed by atoms with Crippen molar-refractivity contribution in [3.05, 3.63) is 64.7 Å². The van der Waals surface area contributed by atoms with Gasteiger partial charge in [-0.3, -0.25) is 9.69 Å². The second-order valence-corrected chi connectivity index (χ2v) is 10.9. The van der Waals surface area contributed by atoms with Crippen LogP contribution in [0, 0.1) is 17.6 Å². The Morgan fingerprint density at radius 1 is 0.944 bits per heavy atom. The summed E-state index contributed by atoms with van der Waals surface area (Å²) in [5.41, 5.74) is 1.52. The van der Waals surface area contributed by atoms with Crippen molar-refractivity contribution in [3.8, 4) is 0 Å². The molecule has 4 atom stereocenters. The van der Waals surface area contributed by atoms with Crippen molar-refractivity contribution in [2.45, 2.75) is 50.7 Å². The molecular formula is C28H34ClF2N3O2. The zero-order chi connectivity index (χ0) is 25.4. The molecule has 1 amide bonds. The number of rotatable bonds is 4. The number of halogens is 3. The number of benzene rings is 2. The summed E-state index contributed by atoms with van der Waals surface area (Å²) < 4.78 is 34.1. The number of amides is 1. The zero-order valence-corrected chi connectivity index (χ0v) is 21.6. The Kier molecular flexibility index (Phi) is 7.52. The molecule has 2 unspecified atom stereocenters.